The number of fused-ring (bicyclic) bond motifs is 2. The van der Waals surface area contributed by atoms with Gasteiger partial charge in [-0.1, -0.05) is 20.8 Å². The highest BCUT2D eigenvalue weighted by atomic mass is 32.2. The van der Waals surface area contributed by atoms with Gasteiger partial charge in [0.15, 0.2) is 0 Å². The molecule has 1 amide bonds. The highest BCUT2D eigenvalue weighted by Crippen LogP contribution is 2.65. The largest absolute Gasteiger partial charge is 0.495 e. The summed E-state index contributed by atoms with van der Waals surface area (Å²) in [4.78, 5) is 13.1. The molecule has 160 valence electrons. The molecule has 1 aromatic rings. The first-order valence-electron chi connectivity index (χ1n) is 10.6. The smallest absolute Gasteiger partial charge is 0.251 e. The van der Waals surface area contributed by atoms with Crippen molar-refractivity contribution in [2.75, 3.05) is 20.2 Å². The van der Waals surface area contributed by atoms with E-state index in [4.69, 9.17) is 4.74 Å². The molecule has 6 nitrogen and oxygen atoms in total. The number of hydrogen-bond acceptors (Lipinski definition) is 4. The van der Waals surface area contributed by atoms with Crippen LogP contribution in [0.4, 0.5) is 0 Å². The van der Waals surface area contributed by atoms with Crippen LogP contribution in [0.3, 0.4) is 0 Å². The van der Waals surface area contributed by atoms with E-state index in [9.17, 15) is 13.2 Å². The van der Waals surface area contributed by atoms with Gasteiger partial charge in [-0.3, -0.25) is 4.79 Å². The van der Waals surface area contributed by atoms with E-state index >= 15 is 0 Å². The van der Waals surface area contributed by atoms with Crippen molar-refractivity contribution in [2.45, 2.75) is 63.8 Å². The molecule has 29 heavy (non-hydrogen) atoms. The summed E-state index contributed by atoms with van der Waals surface area (Å²) < 4.78 is 33.0. The lowest BCUT2D eigenvalue weighted by molar-refractivity contribution is 0.0826. The Kier molecular flexibility index (Phi) is 4.97. The number of carbonyl (C=O) groups excluding carboxylic acids is 1. The third kappa shape index (κ3) is 3.08. The minimum absolute atomic E-state index is 0.0737. The molecule has 7 heteroatoms. The summed E-state index contributed by atoms with van der Waals surface area (Å²) in [5, 5.41) is 3.22. The van der Waals surface area contributed by atoms with Gasteiger partial charge in [-0.2, -0.15) is 4.31 Å². The van der Waals surface area contributed by atoms with Gasteiger partial charge < -0.3 is 10.1 Å². The molecular weight excluding hydrogens is 388 g/mol. The van der Waals surface area contributed by atoms with Crippen LogP contribution < -0.4 is 10.1 Å². The Morgan fingerprint density at radius 2 is 1.90 bits per heavy atom. The molecule has 1 N–H and O–H groups in total. The molecule has 1 saturated heterocycles. The van der Waals surface area contributed by atoms with Crippen LogP contribution in [-0.4, -0.2) is 44.9 Å². The van der Waals surface area contributed by atoms with E-state index in [1.54, 1.807) is 12.1 Å². The van der Waals surface area contributed by atoms with Crippen LogP contribution in [0.1, 0.15) is 63.2 Å². The number of hydrogen-bond donors (Lipinski definition) is 1. The Hall–Kier alpha value is -1.60. The van der Waals surface area contributed by atoms with Crippen LogP contribution >= 0.6 is 0 Å². The van der Waals surface area contributed by atoms with E-state index in [1.165, 1.54) is 23.9 Å². The fourth-order valence-corrected chi connectivity index (χ4v) is 7.45. The summed E-state index contributed by atoms with van der Waals surface area (Å²) in [6.07, 6.45) is 5.05. The predicted octanol–water partition coefficient (Wildman–Crippen LogP) is 3.42. The number of nitrogens with zero attached hydrogens (tertiary/aromatic N) is 1. The van der Waals surface area contributed by atoms with Gasteiger partial charge in [0.25, 0.3) is 5.91 Å². The van der Waals surface area contributed by atoms with Crippen molar-refractivity contribution in [1.82, 2.24) is 9.62 Å². The first-order valence-corrected chi connectivity index (χ1v) is 12.0. The molecule has 1 aromatic carbocycles. The lowest BCUT2D eigenvalue weighted by Crippen LogP contribution is -2.46. The van der Waals surface area contributed by atoms with Crippen molar-refractivity contribution < 1.29 is 17.9 Å². The molecule has 4 rings (SSSR count). The summed E-state index contributed by atoms with van der Waals surface area (Å²) in [7, 11) is -2.22. The van der Waals surface area contributed by atoms with Crippen LogP contribution in [0.25, 0.3) is 0 Å². The summed E-state index contributed by atoms with van der Waals surface area (Å²) >= 11 is 0. The van der Waals surface area contributed by atoms with Gasteiger partial charge >= 0.3 is 0 Å². The molecule has 1 aliphatic heterocycles. The van der Waals surface area contributed by atoms with Crippen LogP contribution in [0.5, 0.6) is 5.75 Å². The van der Waals surface area contributed by atoms with E-state index in [1.807, 2.05) is 0 Å². The van der Waals surface area contributed by atoms with Crippen LogP contribution in [-0.2, 0) is 10.0 Å². The quantitative estimate of drug-likeness (QED) is 0.792. The van der Waals surface area contributed by atoms with Crippen molar-refractivity contribution in [3.63, 3.8) is 0 Å². The second-order valence-electron chi connectivity index (χ2n) is 9.61. The fourth-order valence-electron chi connectivity index (χ4n) is 5.75. The van der Waals surface area contributed by atoms with Gasteiger partial charge in [0, 0.05) is 24.7 Å². The number of rotatable bonds is 5. The minimum atomic E-state index is -3.68. The average molecular weight is 421 g/mol. The molecule has 3 unspecified atom stereocenters. The molecule has 1 heterocycles. The second-order valence-corrected chi connectivity index (χ2v) is 11.5. The maximum Gasteiger partial charge on any atom is 0.251 e. The topological polar surface area (TPSA) is 75.7 Å². The van der Waals surface area contributed by atoms with Crippen LogP contribution in [0.2, 0.25) is 0 Å². The van der Waals surface area contributed by atoms with E-state index in [-0.39, 0.29) is 33.4 Å². The first kappa shape index (κ1) is 20.7. The zero-order chi connectivity index (χ0) is 21.0. The van der Waals surface area contributed by atoms with Gasteiger partial charge in [-0.05, 0) is 67.1 Å². The van der Waals surface area contributed by atoms with Crippen molar-refractivity contribution in [1.29, 1.82) is 0 Å². The fraction of sp³-hybridized carbons (Fsp3) is 0.682. The number of carbonyl (C=O) groups is 1. The van der Waals surface area contributed by atoms with Gasteiger partial charge in [-0.25, -0.2) is 8.42 Å². The maximum atomic E-state index is 13.1. The molecule has 3 aliphatic rings. The molecule has 2 aliphatic carbocycles. The number of methoxy groups -OCH3 is 1. The summed E-state index contributed by atoms with van der Waals surface area (Å²) in [5.74, 6) is 0.696. The van der Waals surface area contributed by atoms with Crippen molar-refractivity contribution in [2.24, 2.45) is 16.7 Å². The molecule has 0 aromatic heterocycles. The highest BCUT2D eigenvalue weighted by Gasteiger charge is 2.61. The zero-order valence-corrected chi connectivity index (χ0v) is 18.6. The zero-order valence-electron chi connectivity index (χ0n) is 17.8. The normalized spacial score (nSPS) is 31.2. The first-order chi connectivity index (χ1) is 13.6. The van der Waals surface area contributed by atoms with Gasteiger partial charge in [-0.15, -0.1) is 0 Å². The Labute approximate surface area is 174 Å². The van der Waals surface area contributed by atoms with Crippen LogP contribution in [0.15, 0.2) is 23.1 Å². The third-order valence-electron chi connectivity index (χ3n) is 8.21. The van der Waals surface area contributed by atoms with Gasteiger partial charge in [0.2, 0.25) is 10.0 Å². The predicted molar refractivity (Wildman–Crippen MR) is 111 cm³/mol. The number of sulfonamides is 1. The van der Waals surface area contributed by atoms with E-state index in [0.29, 0.717) is 24.6 Å². The van der Waals surface area contributed by atoms with Gasteiger partial charge in [0.1, 0.15) is 10.6 Å². The van der Waals surface area contributed by atoms with E-state index in [2.05, 4.69) is 26.1 Å². The lowest BCUT2D eigenvalue weighted by Gasteiger charge is -2.39. The molecule has 0 spiro atoms. The van der Waals surface area contributed by atoms with Crippen molar-refractivity contribution >= 4 is 15.9 Å². The van der Waals surface area contributed by atoms with E-state index < -0.39 is 10.0 Å². The highest BCUT2D eigenvalue weighted by molar-refractivity contribution is 7.89. The standard InChI is InChI=1S/C22H32N2O4S/c1-21(2)16-9-10-22(21,3)19(14-16)23-20(25)15-7-8-17(28-4)18(13-15)29(26,27)24-11-5-6-12-24/h7-8,13,16,19H,5-6,9-12,14H2,1-4H3,(H,23,25). The van der Waals surface area contributed by atoms with Crippen LogP contribution in [0, 0.1) is 16.7 Å². The van der Waals surface area contributed by atoms with E-state index in [0.717, 1.165) is 25.7 Å². The second kappa shape index (κ2) is 6.98. The number of amides is 1. The molecule has 3 fully saturated rings. The summed E-state index contributed by atoms with van der Waals surface area (Å²) in [5.41, 5.74) is 0.645. The summed E-state index contributed by atoms with van der Waals surface area (Å²) in [6, 6.07) is 4.83. The Balaban J connectivity index is 1.60. The molecule has 0 radical (unpaired) electrons. The van der Waals surface area contributed by atoms with Crippen molar-refractivity contribution in [3.8, 4) is 5.75 Å². The number of ether oxygens (including phenoxy) is 1. The molecule has 2 saturated carbocycles. The number of nitrogens with one attached hydrogen (secondary N) is 1. The Morgan fingerprint density at radius 3 is 2.45 bits per heavy atom. The minimum Gasteiger partial charge on any atom is -0.495 e. The average Bonchev–Trinajstić information content (AvgIpc) is 3.35. The third-order valence-corrected chi connectivity index (χ3v) is 10.1. The molecule has 3 atom stereocenters. The SMILES string of the molecule is COc1ccc(C(=O)NC2CC3CCC2(C)C3(C)C)cc1S(=O)(=O)N1CCCC1. The maximum absolute atomic E-state index is 13.1. The van der Waals surface area contributed by atoms with Gasteiger partial charge in [0.05, 0.1) is 7.11 Å². The molecular formula is C22H32N2O4S. The summed E-state index contributed by atoms with van der Waals surface area (Å²) in [6.45, 7) is 7.93. The number of benzene rings is 1. The lowest BCUT2D eigenvalue weighted by atomic mass is 9.69. The van der Waals surface area contributed by atoms with Crippen molar-refractivity contribution in [3.05, 3.63) is 23.8 Å². The monoisotopic (exact) mass is 420 g/mol. The Bertz CT molecular complexity index is 921. The Morgan fingerprint density at radius 1 is 1.21 bits per heavy atom. The molecule has 2 bridgehead atoms.